The molecule has 88 valence electrons. The van der Waals surface area contributed by atoms with Gasteiger partial charge in [-0.3, -0.25) is 0 Å². The summed E-state index contributed by atoms with van der Waals surface area (Å²) in [6.07, 6.45) is 4.60. The third-order valence-corrected chi connectivity index (χ3v) is 3.42. The molecule has 2 nitrogen and oxygen atoms in total. The van der Waals surface area contributed by atoms with Gasteiger partial charge in [0.1, 0.15) is 5.75 Å². The molecule has 1 saturated carbocycles. The van der Waals surface area contributed by atoms with E-state index in [1.54, 1.807) is 7.11 Å². The number of benzene rings is 1. The summed E-state index contributed by atoms with van der Waals surface area (Å²) in [6.45, 7) is 1.88. The number of para-hydroxylation sites is 1. The molecule has 0 aliphatic heterocycles. The second-order valence-electron chi connectivity index (χ2n) is 4.96. The van der Waals surface area contributed by atoms with E-state index < -0.39 is 5.60 Å². The molecule has 1 aliphatic carbocycles. The zero-order valence-electron chi connectivity index (χ0n) is 10.1. The van der Waals surface area contributed by atoms with Gasteiger partial charge in [-0.05, 0) is 31.7 Å². The van der Waals surface area contributed by atoms with Gasteiger partial charge in [-0.2, -0.15) is 0 Å². The first-order valence-electron chi connectivity index (χ1n) is 5.99. The zero-order chi connectivity index (χ0) is 11.6. The molecule has 2 rings (SSSR count). The molecule has 0 radical (unpaired) electrons. The Morgan fingerprint density at radius 1 is 1.38 bits per heavy atom. The van der Waals surface area contributed by atoms with Gasteiger partial charge in [0.05, 0.1) is 12.7 Å². The quantitative estimate of drug-likeness (QED) is 0.826. The van der Waals surface area contributed by atoms with E-state index in [4.69, 9.17) is 4.74 Å². The molecule has 0 spiro atoms. The maximum Gasteiger partial charge on any atom is 0.124 e. The maximum absolute atomic E-state index is 10.5. The van der Waals surface area contributed by atoms with E-state index in [1.807, 2.05) is 31.2 Å². The van der Waals surface area contributed by atoms with E-state index in [9.17, 15) is 5.11 Å². The van der Waals surface area contributed by atoms with Crippen LogP contribution in [0.4, 0.5) is 0 Å². The minimum absolute atomic E-state index is 0.769. The molecule has 1 aromatic carbocycles. The Kier molecular flexibility index (Phi) is 3.20. The Labute approximate surface area is 97.3 Å². The third-order valence-electron chi connectivity index (χ3n) is 3.42. The molecule has 0 saturated heterocycles. The van der Waals surface area contributed by atoms with E-state index in [0.29, 0.717) is 0 Å². The van der Waals surface area contributed by atoms with Crippen molar-refractivity contribution in [2.45, 2.75) is 38.2 Å². The molecular formula is C14H20O2. The summed E-state index contributed by atoms with van der Waals surface area (Å²) in [6, 6.07) is 7.73. The van der Waals surface area contributed by atoms with E-state index in [1.165, 1.54) is 12.8 Å². The highest BCUT2D eigenvalue weighted by Gasteiger charge is 2.30. The van der Waals surface area contributed by atoms with Gasteiger partial charge in [0, 0.05) is 5.56 Å². The van der Waals surface area contributed by atoms with Crippen molar-refractivity contribution in [2.75, 3.05) is 7.11 Å². The molecule has 1 aliphatic rings. The zero-order valence-corrected chi connectivity index (χ0v) is 10.1. The van der Waals surface area contributed by atoms with Crippen molar-refractivity contribution >= 4 is 0 Å². The lowest BCUT2D eigenvalue weighted by atomic mass is 9.89. The van der Waals surface area contributed by atoms with E-state index in [-0.39, 0.29) is 0 Å². The first kappa shape index (κ1) is 11.5. The molecule has 0 amide bonds. The van der Waals surface area contributed by atoms with Gasteiger partial charge >= 0.3 is 0 Å². The molecule has 16 heavy (non-hydrogen) atoms. The molecule has 0 heterocycles. The van der Waals surface area contributed by atoms with E-state index in [2.05, 4.69) is 0 Å². The van der Waals surface area contributed by atoms with Crippen LogP contribution in [-0.2, 0) is 5.60 Å². The summed E-state index contributed by atoms with van der Waals surface area (Å²) in [5, 5.41) is 10.5. The van der Waals surface area contributed by atoms with Gasteiger partial charge in [0.2, 0.25) is 0 Å². The van der Waals surface area contributed by atoms with Crippen LogP contribution in [0.5, 0.6) is 5.75 Å². The lowest BCUT2D eigenvalue weighted by molar-refractivity contribution is 0.0415. The summed E-state index contributed by atoms with van der Waals surface area (Å²) in [4.78, 5) is 0. The topological polar surface area (TPSA) is 29.5 Å². The van der Waals surface area contributed by atoms with Gasteiger partial charge in [0.15, 0.2) is 0 Å². The Morgan fingerprint density at radius 2 is 2.06 bits per heavy atom. The minimum atomic E-state index is -0.769. The first-order chi connectivity index (χ1) is 7.63. The normalized spacial score (nSPS) is 19.2. The third kappa shape index (κ3) is 2.56. The number of rotatable bonds is 5. The van der Waals surface area contributed by atoms with Gasteiger partial charge in [-0.25, -0.2) is 0 Å². The predicted molar refractivity (Wildman–Crippen MR) is 64.5 cm³/mol. The second kappa shape index (κ2) is 4.46. The molecule has 1 aromatic rings. The minimum Gasteiger partial charge on any atom is -0.496 e. The fourth-order valence-corrected chi connectivity index (χ4v) is 2.12. The number of methoxy groups -OCH3 is 1. The highest BCUT2D eigenvalue weighted by molar-refractivity contribution is 5.37. The lowest BCUT2D eigenvalue weighted by Crippen LogP contribution is -2.22. The Balaban J connectivity index is 2.12. The number of ether oxygens (including phenoxy) is 1. The molecule has 1 unspecified atom stereocenters. The Hall–Kier alpha value is -1.02. The van der Waals surface area contributed by atoms with Crippen LogP contribution >= 0.6 is 0 Å². The van der Waals surface area contributed by atoms with Crippen LogP contribution in [0.15, 0.2) is 24.3 Å². The lowest BCUT2D eigenvalue weighted by Gasteiger charge is -2.25. The summed E-state index contributed by atoms with van der Waals surface area (Å²) in [5.74, 6) is 1.63. The standard InChI is InChI=1S/C14H20O2/c1-14(15,10-9-11-7-8-11)12-5-3-4-6-13(12)16-2/h3-6,11,15H,7-10H2,1-2H3. The molecule has 1 N–H and O–H groups in total. The number of hydrogen-bond donors (Lipinski definition) is 1. The number of aliphatic hydroxyl groups is 1. The van der Waals surface area contributed by atoms with Crippen molar-refractivity contribution < 1.29 is 9.84 Å². The SMILES string of the molecule is COc1ccccc1C(C)(O)CCC1CC1. The van der Waals surface area contributed by atoms with Crippen molar-refractivity contribution in [1.29, 1.82) is 0 Å². The van der Waals surface area contributed by atoms with Crippen LogP contribution in [0, 0.1) is 5.92 Å². The van der Waals surface area contributed by atoms with Crippen molar-refractivity contribution in [1.82, 2.24) is 0 Å². The van der Waals surface area contributed by atoms with Crippen LogP contribution in [-0.4, -0.2) is 12.2 Å². The summed E-state index contributed by atoms with van der Waals surface area (Å²) in [5.41, 5.74) is 0.132. The molecule has 0 aromatic heterocycles. The van der Waals surface area contributed by atoms with E-state index >= 15 is 0 Å². The highest BCUT2D eigenvalue weighted by atomic mass is 16.5. The van der Waals surface area contributed by atoms with Crippen molar-refractivity contribution in [3.05, 3.63) is 29.8 Å². The Bertz CT molecular complexity index is 354. The van der Waals surface area contributed by atoms with Gasteiger partial charge in [-0.15, -0.1) is 0 Å². The van der Waals surface area contributed by atoms with Crippen molar-refractivity contribution in [3.8, 4) is 5.75 Å². The average Bonchev–Trinajstić information content (AvgIpc) is 3.10. The molecule has 1 atom stereocenters. The van der Waals surface area contributed by atoms with Gasteiger partial charge in [-0.1, -0.05) is 31.0 Å². The summed E-state index contributed by atoms with van der Waals surface area (Å²) in [7, 11) is 1.65. The van der Waals surface area contributed by atoms with Crippen LogP contribution < -0.4 is 4.74 Å². The fraction of sp³-hybridized carbons (Fsp3) is 0.571. The highest BCUT2D eigenvalue weighted by Crippen LogP contribution is 2.39. The molecular weight excluding hydrogens is 200 g/mol. The molecule has 0 bridgehead atoms. The maximum atomic E-state index is 10.5. The van der Waals surface area contributed by atoms with Gasteiger partial charge in [0.25, 0.3) is 0 Å². The fourth-order valence-electron chi connectivity index (χ4n) is 2.12. The van der Waals surface area contributed by atoms with Gasteiger partial charge < -0.3 is 9.84 Å². The predicted octanol–water partition coefficient (Wildman–Crippen LogP) is 3.09. The van der Waals surface area contributed by atoms with Crippen molar-refractivity contribution in [3.63, 3.8) is 0 Å². The van der Waals surface area contributed by atoms with Crippen LogP contribution in [0.1, 0.15) is 38.2 Å². The summed E-state index contributed by atoms with van der Waals surface area (Å²) >= 11 is 0. The molecule has 1 fully saturated rings. The van der Waals surface area contributed by atoms with Crippen LogP contribution in [0.25, 0.3) is 0 Å². The monoisotopic (exact) mass is 220 g/mol. The van der Waals surface area contributed by atoms with Crippen LogP contribution in [0.3, 0.4) is 0 Å². The molecule has 2 heteroatoms. The average molecular weight is 220 g/mol. The van der Waals surface area contributed by atoms with Crippen molar-refractivity contribution in [2.24, 2.45) is 5.92 Å². The van der Waals surface area contributed by atoms with Crippen LogP contribution in [0.2, 0.25) is 0 Å². The summed E-state index contributed by atoms with van der Waals surface area (Å²) < 4.78 is 5.29. The largest absolute Gasteiger partial charge is 0.496 e. The first-order valence-corrected chi connectivity index (χ1v) is 5.99. The van der Waals surface area contributed by atoms with E-state index in [0.717, 1.165) is 30.1 Å². The Morgan fingerprint density at radius 3 is 2.69 bits per heavy atom. The second-order valence-corrected chi connectivity index (χ2v) is 4.96. The smallest absolute Gasteiger partial charge is 0.124 e. The number of hydrogen-bond acceptors (Lipinski definition) is 2.